The van der Waals surface area contributed by atoms with Crippen molar-refractivity contribution in [2.75, 3.05) is 24.5 Å². The molecule has 0 saturated carbocycles. The molecule has 3 heteroatoms. The van der Waals surface area contributed by atoms with Crippen LogP contribution in [0.15, 0.2) is 48.8 Å². The van der Waals surface area contributed by atoms with E-state index in [2.05, 4.69) is 58.5 Å². The Bertz CT molecular complexity index is 568. The van der Waals surface area contributed by atoms with Gasteiger partial charge in [0.2, 0.25) is 0 Å². The van der Waals surface area contributed by atoms with Gasteiger partial charge in [-0.1, -0.05) is 37.3 Å². The second-order valence-electron chi connectivity index (χ2n) is 5.63. The minimum Gasteiger partial charge on any atom is -0.369 e. The molecule has 1 aromatic carbocycles. The summed E-state index contributed by atoms with van der Waals surface area (Å²) in [6.07, 6.45) is 5.13. The number of aromatic nitrogens is 1. The van der Waals surface area contributed by atoms with Crippen LogP contribution in [-0.4, -0.2) is 24.6 Å². The van der Waals surface area contributed by atoms with Gasteiger partial charge in [-0.2, -0.15) is 0 Å². The number of hydrogen-bond donors (Lipinski definition) is 1. The Morgan fingerprint density at radius 1 is 1.24 bits per heavy atom. The van der Waals surface area contributed by atoms with Crippen LogP contribution < -0.4 is 10.2 Å². The Labute approximate surface area is 127 Å². The van der Waals surface area contributed by atoms with Gasteiger partial charge in [0.15, 0.2) is 0 Å². The van der Waals surface area contributed by atoms with E-state index in [4.69, 9.17) is 0 Å². The van der Waals surface area contributed by atoms with E-state index < -0.39 is 0 Å². The lowest BCUT2D eigenvalue weighted by atomic mass is 9.99. The zero-order chi connectivity index (χ0) is 14.5. The molecule has 1 N–H and O–H groups in total. The Morgan fingerprint density at radius 2 is 2.10 bits per heavy atom. The van der Waals surface area contributed by atoms with Crippen molar-refractivity contribution in [2.45, 2.75) is 25.8 Å². The molecular formula is C18H23N3. The van der Waals surface area contributed by atoms with Gasteiger partial charge in [-0.05, 0) is 30.2 Å². The maximum atomic E-state index is 4.33. The maximum Gasteiger partial charge on any atom is 0.0598 e. The summed E-state index contributed by atoms with van der Waals surface area (Å²) in [6, 6.07) is 13.0. The Balaban J connectivity index is 1.74. The molecule has 0 spiro atoms. The van der Waals surface area contributed by atoms with Crippen molar-refractivity contribution in [3.8, 4) is 0 Å². The third-order valence-electron chi connectivity index (χ3n) is 4.25. The average molecular weight is 281 g/mol. The van der Waals surface area contributed by atoms with Crippen molar-refractivity contribution >= 4 is 5.69 Å². The molecule has 1 aliphatic rings. The predicted octanol–water partition coefficient (Wildman–Crippen LogP) is 3.19. The predicted molar refractivity (Wildman–Crippen MR) is 87.6 cm³/mol. The Hall–Kier alpha value is -1.87. The van der Waals surface area contributed by atoms with Crippen molar-refractivity contribution in [3.05, 3.63) is 59.9 Å². The van der Waals surface area contributed by atoms with Gasteiger partial charge in [0.1, 0.15) is 0 Å². The number of anilines is 1. The molecule has 2 aromatic rings. The van der Waals surface area contributed by atoms with Crippen LogP contribution in [0.4, 0.5) is 5.69 Å². The minimum absolute atomic E-state index is 0.637. The SMILES string of the molecule is CCNCc1ccncc1N1CCC(c2ccccc2)C1. The van der Waals surface area contributed by atoms with Gasteiger partial charge in [-0.3, -0.25) is 4.98 Å². The number of pyridine rings is 1. The molecule has 1 saturated heterocycles. The van der Waals surface area contributed by atoms with Crippen LogP contribution in [0.5, 0.6) is 0 Å². The van der Waals surface area contributed by atoms with Gasteiger partial charge in [-0.25, -0.2) is 0 Å². The molecule has 3 nitrogen and oxygen atoms in total. The second-order valence-corrected chi connectivity index (χ2v) is 5.63. The summed E-state index contributed by atoms with van der Waals surface area (Å²) in [5, 5.41) is 3.42. The molecule has 1 atom stereocenters. The molecule has 1 aliphatic heterocycles. The number of hydrogen-bond acceptors (Lipinski definition) is 3. The highest BCUT2D eigenvalue weighted by atomic mass is 15.2. The van der Waals surface area contributed by atoms with E-state index in [9.17, 15) is 0 Å². The topological polar surface area (TPSA) is 28.2 Å². The van der Waals surface area contributed by atoms with E-state index in [1.165, 1.54) is 23.2 Å². The summed E-state index contributed by atoms with van der Waals surface area (Å²) in [5.74, 6) is 0.637. The monoisotopic (exact) mass is 281 g/mol. The lowest BCUT2D eigenvalue weighted by molar-refractivity contribution is 0.722. The summed E-state index contributed by atoms with van der Waals surface area (Å²) < 4.78 is 0. The van der Waals surface area contributed by atoms with Crippen molar-refractivity contribution < 1.29 is 0 Å². The van der Waals surface area contributed by atoms with Crippen LogP contribution in [0.1, 0.15) is 30.4 Å². The quantitative estimate of drug-likeness (QED) is 0.912. The molecule has 0 aliphatic carbocycles. The molecule has 1 fully saturated rings. The lowest BCUT2D eigenvalue weighted by Gasteiger charge is -2.22. The molecule has 0 amide bonds. The van der Waals surface area contributed by atoms with Gasteiger partial charge >= 0.3 is 0 Å². The molecule has 3 rings (SSSR count). The number of nitrogens with zero attached hydrogens (tertiary/aromatic N) is 2. The first-order valence-corrected chi connectivity index (χ1v) is 7.82. The molecule has 0 bridgehead atoms. The fourth-order valence-corrected chi connectivity index (χ4v) is 3.09. The van der Waals surface area contributed by atoms with Crippen molar-refractivity contribution in [1.82, 2.24) is 10.3 Å². The summed E-state index contributed by atoms with van der Waals surface area (Å²) in [7, 11) is 0. The summed E-state index contributed by atoms with van der Waals surface area (Å²) in [4.78, 5) is 6.81. The molecule has 1 aromatic heterocycles. The van der Waals surface area contributed by atoms with Crippen LogP contribution in [0, 0.1) is 0 Å². The molecule has 0 radical (unpaired) electrons. The fourth-order valence-electron chi connectivity index (χ4n) is 3.09. The van der Waals surface area contributed by atoms with Crippen LogP contribution in [-0.2, 0) is 6.54 Å². The molecule has 110 valence electrons. The van der Waals surface area contributed by atoms with Crippen molar-refractivity contribution in [1.29, 1.82) is 0 Å². The largest absolute Gasteiger partial charge is 0.369 e. The maximum absolute atomic E-state index is 4.33. The van der Waals surface area contributed by atoms with Gasteiger partial charge in [-0.15, -0.1) is 0 Å². The van der Waals surface area contributed by atoms with E-state index in [-0.39, 0.29) is 0 Å². The van der Waals surface area contributed by atoms with Gasteiger partial charge < -0.3 is 10.2 Å². The minimum atomic E-state index is 0.637. The first-order valence-electron chi connectivity index (χ1n) is 7.82. The molecular weight excluding hydrogens is 258 g/mol. The highest BCUT2D eigenvalue weighted by Crippen LogP contribution is 2.31. The molecule has 1 unspecified atom stereocenters. The average Bonchev–Trinajstić information content (AvgIpc) is 3.04. The summed E-state index contributed by atoms with van der Waals surface area (Å²) >= 11 is 0. The summed E-state index contributed by atoms with van der Waals surface area (Å²) in [5.41, 5.74) is 4.09. The van der Waals surface area contributed by atoms with Crippen molar-refractivity contribution in [3.63, 3.8) is 0 Å². The van der Waals surface area contributed by atoms with Gasteiger partial charge in [0, 0.05) is 31.7 Å². The highest BCUT2D eigenvalue weighted by molar-refractivity contribution is 5.53. The van der Waals surface area contributed by atoms with E-state index in [1.54, 1.807) is 0 Å². The fraction of sp³-hybridized carbons (Fsp3) is 0.389. The molecule has 21 heavy (non-hydrogen) atoms. The zero-order valence-electron chi connectivity index (χ0n) is 12.6. The number of nitrogens with one attached hydrogen (secondary N) is 1. The lowest BCUT2D eigenvalue weighted by Crippen LogP contribution is -2.23. The standard InChI is InChI=1S/C18H23N3/c1-2-19-12-16-8-10-20-13-18(16)21-11-9-17(14-21)15-6-4-3-5-7-15/h3-8,10,13,17,19H,2,9,11-12,14H2,1H3. The third kappa shape index (κ3) is 3.24. The first kappa shape index (κ1) is 14.1. The number of benzene rings is 1. The van der Waals surface area contributed by atoms with E-state index >= 15 is 0 Å². The van der Waals surface area contributed by atoms with Gasteiger partial charge in [0.05, 0.1) is 11.9 Å². The number of rotatable bonds is 5. The summed E-state index contributed by atoms with van der Waals surface area (Å²) in [6.45, 7) is 6.26. The van der Waals surface area contributed by atoms with E-state index in [1.807, 2.05) is 12.4 Å². The molecule has 2 heterocycles. The van der Waals surface area contributed by atoms with E-state index in [0.717, 1.165) is 26.2 Å². The Morgan fingerprint density at radius 3 is 2.90 bits per heavy atom. The van der Waals surface area contributed by atoms with Gasteiger partial charge in [0.25, 0.3) is 0 Å². The smallest absolute Gasteiger partial charge is 0.0598 e. The third-order valence-corrected chi connectivity index (χ3v) is 4.25. The van der Waals surface area contributed by atoms with E-state index in [0.29, 0.717) is 5.92 Å². The Kier molecular flexibility index (Phi) is 4.51. The first-order chi connectivity index (χ1) is 10.4. The van der Waals surface area contributed by atoms with Crippen LogP contribution >= 0.6 is 0 Å². The van der Waals surface area contributed by atoms with Crippen molar-refractivity contribution in [2.24, 2.45) is 0 Å². The zero-order valence-corrected chi connectivity index (χ0v) is 12.6. The van der Waals surface area contributed by atoms with Crippen LogP contribution in [0.25, 0.3) is 0 Å². The van der Waals surface area contributed by atoms with Crippen LogP contribution in [0.3, 0.4) is 0 Å². The van der Waals surface area contributed by atoms with Crippen LogP contribution in [0.2, 0.25) is 0 Å². The second kappa shape index (κ2) is 6.72. The normalized spacial score (nSPS) is 18.1. The highest BCUT2D eigenvalue weighted by Gasteiger charge is 2.25.